The maximum Gasteiger partial charge on any atom is 0.231 e. The lowest BCUT2D eigenvalue weighted by atomic mass is 10.1. The van der Waals surface area contributed by atoms with Gasteiger partial charge in [0.1, 0.15) is 0 Å². The number of anilines is 1. The van der Waals surface area contributed by atoms with Gasteiger partial charge in [-0.1, -0.05) is 26.0 Å². The Morgan fingerprint density at radius 2 is 2.21 bits per heavy atom. The van der Waals surface area contributed by atoms with E-state index in [1.165, 1.54) is 5.56 Å². The number of fused-ring (bicyclic) bond motifs is 1. The average Bonchev–Trinajstić information content (AvgIpc) is 2.65. The second-order valence-corrected chi connectivity index (χ2v) is 5.33. The molecule has 0 spiro atoms. The summed E-state index contributed by atoms with van der Waals surface area (Å²) in [4.78, 5) is 13.9. The molecule has 0 atom stereocenters. The summed E-state index contributed by atoms with van der Waals surface area (Å²) in [5, 5.41) is 3.34. The van der Waals surface area contributed by atoms with Gasteiger partial charge in [-0.25, -0.2) is 0 Å². The highest BCUT2D eigenvalue weighted by Crippen LogP contribution is 2.29. The van der Waals surface area contributed by atoms with Crippen LogP contribution >= 0.6 is 0 Å². The molecule has 1 aromatic rings. The van der Waals surface area contributed by atoms with Gasteiger partial charge < -0.3 is 16.0 Å². The van der Waals surface area contributed by atoms with Gasteiger partial charge in [-0.05, 0) is 30.2 Å². The molecule has 0 saturated carbocycles. The number of hydrogen-bond donors (Lipinski definition) is 2. The molecule has 19 heavy (non-hydrogen) atoms. The zero-order valence-corrected chi connectivity index (χ0v) is 11.8. The van der Waals surface area contributed by atoms with Gasteiger partial charge in [-0.3, -0.25) is 4.79 Å². The molecule has 0 bridgehead atoms. The summed E-state index contributed by atoms with van der Waals surface area (Å²) in [6.07, 6.45) is 1.39. The van der Waals surface area contributed by atoms with Crippen LogP contribution in [0.15, 0.2) is 18.2 Å². The van der Waals surface area contributed by atoms with Crippen LogP contribution in [0, 0.1) is 0 Å². The molecule has 1 aliphatic rings. The minimum atomic E-state index is 0.199. The molecule has 2 rings (SSSR count). The molecule has 1 aliphatic heterocycles. The van der Waals surface area contributed by atoms with Crippen molar-refractivity contribution < 1.29 is 4.79 Å². The van der Waals surface area contributed by atoms with Crippen molar-refractivity contribution >= 4 is 11.6 Å². The number of nitrogens with zero attached hydrogens (tertiary/aromatic N) is 1. The predicted octanol–water partition coefficient (Wildman–Crippen LogP) is 1.07. The molecule has 1 amide bonds. The van der Waals surface area contributed by atoms with Gasteiger partial charge in [0.05, 0.1) is 6.42 Å². The SMILES string of the molecule is CC(C)NCCN1C(=O)Cc2cc(CCN)ccc21. The Kier molecular flexibility index (Phi) is 4.56. The molecular weight excluding hydrogens is 238 g/mol. The van der Waals surface area contributed by atoms with Crippen molar-refractivity contribution in [2.75, 3.05) is 24.5 Å². The van der Waals surface area contributed by atoms with E-state index in [9.17, 15) is 4.79 Å². The van der Waals surface area contributed by atoms with Gasteiger partial charge in [0.2, 0.25) is 5.91 Å². The lowest BCUT2D eigenvalue weighted by Crippen LogP contribution is -2.36. The van der Waals surface area contributed by atoms with Crippen LogP contribution in [0.2, 0.25) is 0 Å². The van der Waals surface area contributed by atoms with Gasteiger partial charge in [0, 0.05) is 24.8 Å². The predicted molar refractivity (Wildman–Crippen MR) is 78.4 cm³/mol. The van der Waals surface area contributed by atoms with Gasteiger partial charge in [-0.15, -0.1) is 0 Å². The highest BCUT2D eigenvalue weighted by Gasteiger charge is 2.26. The summed E-state index contributed by atoms with van der Waals surface area (Å²) in [7, 11) is 0. The molecule has 0 unspecified atom stereocenters. The van der Waals surface area contributed by atoms with E-state index < -0.39 is 0 Å². The van der Waals surface area contributed by atoms with E-state index in [1.54, 1.807) is 0 Å². The Morgan fingerprint density at radius 3 is 2.89 bits per heavy atom. The van der Waals surface area contributed by atoms with Crippen LogP contribution in [0.4, 0.5) is 5.69 Å². The summed E-state index contributed by atoms with van der Waals surface area (Å²) < 4.78 is 0. The Labute approximate surface area is 115 Å². The molecule has 4 heteroatoms. The Hall–Kier alpha value is -1.39. The number of rotatable bonds is 6. The fourth-order valence-corrected chi connectivity index (χ4v) is 2.47. The molecule has 1 heterocycles. The lowest BCUT2D eigenvalue weighted by Gasteiger charge is -2.19. The van der Waals surface area contributed by atoms with Crippen LogP contribution in [-0.2, 0) is 17.6 Å². The largest absolute Gasteiger partial charge is 0.330 e. The highest BCUT2D eigenvalue weighted by molar-refractivity contribution is 6.01. The molecule has 3 N–H and O–H groups in total. The van der Waals surface area contributed by atoms with Gasteiger partial charge >= 0.3 is 0 Å². The molecule has 0 radical (unpaired) electrons. The standard InChI is InChI=1S/C15H23N3O/c1-11(2)17-7-8-18-14-4-3-12(5-6-16)9-13(14)10-15(18)19/h3-4,9,11,17H,5-8,10,16H2,1-2H3. The molecule has 1 aromatic carbocycles. The Morgan fingerprint density at radius 1 is 1.42 bits per heavy atom. The van der Waals surface area contributed by atoms with E-state index in [-0.39, 0.29) is 5.91 Å². The normalized spacial score (nSPS) is 14.3. The molecular formula is C15H23N3O. The molecule has 0 aromatic heterocycles. The van der Waals surface area contributed by atoms with Crippen molar-refractivity contribution in [2.24, 2.45) is 5.73 Å². The Bertz CT molecular complexity index is 457. The number of hydrogen-bond acceptors (Lipinski definition) is 3. The average molecular weight is 261 g/mol. The fourth-order valence-electron chi connectivity index (χ4n) is 2.47. The second-order valence-electron chi connectivity index (χ2n) is 5.33. The highest BCUT2D eigenvalue weighted by atomic mass is 16.2. The molecule has 0 saturated heterocycles. The quantitative estimate of drug-likeness (QED) is 0.805. The maximum atomic E-state index is 12.0. The third-order valence-electron chi connectivity index (χ3n) is 3.40. The molecule has 4 nitrogen and oxygen atoms in total. The van der Waals surface area contributed by atoms with Crippen LogP contribution in [0.3, 0.4) is 0 Å². The van der Waals surface area contributed by atoms with Crippen LogP contribution < -0.4 is 16.0 Å². The van der Waals surface area contributed by atoms with Crippen molar-refractivity contribution in [1.29, 1.82) is 0 Å². The summed E-state index contributed by atoms with van der Waals surface area (Å²) >= 11 is 0. The third-order valence-corrected chi connectivity index (χ3v) is 3.40. The summed E-state index contributed by atoms with van der Waals surface area (Å²) in [6, 6.07) is 6.70. The van der Waals surface area contributed by atoms with Crippen LogP contribution in [0.1, 0.15) is 25.0 Å². The first-order valence-electron chi connectivity index (χ1n) is 6.97. The van der Waals surface area contributed by atoms with Crippen molar-refractivity contribution in [1.82, 2.24) is 5.32 Å². The zero-order valence-electron chi connectivity index (χ0n) is 11.8. The number of nitrogens with one attached hydrogen (secondary N) is 1. The van der Waals surface area contributed by atoms with E-state index in [1.807, 2.05) is 4.90 Å². The third kappa shape index (κ3) is 3.33. The molecule has 0 aliphatic carbocycles. The molecule has 0 fully saturated rings. The Balaban J connectivity index is 2.06. The lowest BCUT2D eigenvalue weighted by molar-refractivity contribution is -0.117. The van der Waals surface area contributed by atoms with Crippen molar-refractivity contribution in [2.45, 2.75) is 32.7 Å². The second kappa shape index (κ2) is 6.17. The van der Waals surface area contributed by atoms with E-state index in [2.05, 4.69) is 37.4 Å². The first kappa shape index (κ1) is 14.0. The van der Waals surface area contributed by atoms with Crippen LogP contribution in [-0.4, -0.2) is 31.6 Å². The van der Waals surface area contributed by atoms with E-state index in [4.69, 9.17) is 5.73 Å². The number of nitrogens with two attached hydrogens (primary N) is 1. The smallest absolute Gasteiger partial charge is 0.231 e. The maximum absolute atomic E-state index is 12.0. The topological polar surface area (TPSA) is 58.4 Å². The first-order chi connectivity index (χ1) is 9.11. The van der Waals surface area contributed by atoms with E-state index in [0.29, 0.717) is 19.0 Å². The fraction of sp³-hybridized carbons (Fsp3) is 0.533. The zero-order chi connectivity index (χ0) is 13.8. The molecule has 104 valence electrons. The van der Waals surface area contributed by atoms with Gasteiger partial charge in [0.25, 0.3) is 0 Å². The van der Waals surface area contributed by atoms with Gasteiger partial charge in [0.15, 0.2) is 0 Å². The number of benzene rings is 1. The van der Waals surface area contributed by atoms with Crippen LogP contribution in [0.25, 0.3) is 0 Å². The van der Waals surface area contributed by atoms with Gasteiger partial charge in [-0.2, -0.15) is 0 Å². The summed E-state index contributed by atoms with van der Waals surface area (Å²) in [6.45, 7) is 6.43. The van der Waals surface area contributed by atoms with E-state index >= 15 is 0 Å². The number of amides is 1. The van der Waals surface area contributed by atoms with Crippen molar-refractivity contribution in [3.8, 4) is 0 Å². The van der Waals surface area contributed by atoms with Crippen LogP contribution in [0.5, 0.6) is 0 Å². The number of carbonyl (C=O) groups excluding carboxylic acids is 1. The summed E-state index contributed by atoms with van der Waals surface area (Å²) in [5.41, 5.74) is 8.99. The van der Waals surface area contributed by atoms with Crippen molar-refractivity contribution in [3.05, 3.63) is 29.3 Å². The monoisotopic (exact) mass is 261 g/mol. The summed E-state index contributed by atoms with van der Waals surface area (Å²) in [5.74, 6) is 0.199. The minimum absolute atomic E-state index is 0.199. The van der Waals surface area contributed by atoms with E-state index in [0.717, 1.165) is 30.8 Å². The number of carbonyl (C=O) groups is 1. The minimum Gasteiger partial charge on any atom is -0.330 e. The first-order valence-corrected chi connectivity index (χ1v) is 6.97. The van der Waals surface area contributed by atoms with Crippen molar-refractivity contribution in [3.63, 3.8) is 0 Å².